The van der Waals surface area contributed by atoms with Crippen LogP contribution in [0.3, 0.4) is 0 Å². The molecule has 1 nitrogen and oxygen atoms in total. The molecule has 1 aromatic carbocycles. The molecule has 0 bridgehead atoms. The summed E-state index contributed by atoms with van der Waals surface area (Å²) in [5, 5.41) is 3.57. The molecular weight excluding hydrogens is 213 g/mol. The van der Waals surface area contributed by atoms with E-state index in [4.69, 9.17) is 0 Å². The highest BCUT2D eigenvalue weighted by atomic mass is 19.1. The Bertz CT molecular complexity index is 335. The molecule has 0 saturated carbocycles. The smallest absolute Gasteiger partial charge is 0.123 e. The highest BCUT2D eigenvalue weighted by molar-refractivity contribution is 5.20. The van der Waals surface area contributed by atoms with Gasteiger partial charge in [0.2, 0.25) is 0 Å². The van der Waals surface area contributed by atoms with Gasteiger partial charge >= 0.3 is 0 Å². The molecular formula is C15H24FN. The van der Waals surface area contributed by atoms with Gasteiger partial charge < -0.3 is 5.32 Å². The molecule has 2 heteroatoms. The second kappa shape index (κ2) is 5.63. The van der Waals surface area contributed by atoms with Crippen molar-refractivity contribution in [3.63, 3.8) is 0 Å². The van der Waals surface area contributed by atoms with Crippen LogP contribution in [0.15, 0.2) is 24.3 Å². The molecule has 0 heterocycles. The van der Waals surface area contributed by atoms with Gasteiger partial charge in [-0.15, -0.1) is 0 Å². The minimum absolute atomic E-state index is 0.174. The van der Waals surface area contributed by atoms with Crippen LogP contribution in [0, 0.1) is 17.2 Å². The molecule has 1 unspecified atom stereocenters. The van der Waals surface area contributed by atoms with E-state index in [0.29, 0.717) is 5.92 Å². The molecule has 1 rings (SSSR count). The molecule has 0 aliphatic carbocycles. The van der Waals surface area contributed by atoms with E-state index in [-0.39, 0.29) is 17.3 Å². The van der Waals surface area contributed by atoms with Gasteiger partial charge in [0.25, 0.3) is 0 Å². The van der Waals surface area contributed by atoms with Crippen molar-refractivity contribution in [3.8, 4) is 0 Å². The monoisotopic (exact) mass is 237 g/mol. The van der Waals surface area contributed by atoms with Crippen LogP contribution in [0.25, 0.3) is 0 Å². The SMILES string of the molecule is CC(C)C(NCC(C)(C)C)c1ccc(F)cc1. The second-order valence-corrected chi connectivity index (χ2v) is 6.21. The van der Waals surface area contributed by atoms with Crippen molar-refractivity contribution in [2.24, 2.45) is 11.3 Å². The maximum atomic E-state index is 12.9. The average Bonchev–Trinajstić information content (AvgIpc) is 2.18. The highest BCUT2D eigenvalue weighted by Crippen LogP contribution is 2.23. The summed E-state index contributed by atoms with van der Waals surface area (Å²) < 4.78 is 12.9. The van der Waals surface area contributed by atoms with Gasteiger partial charge in [-0.05, 0) is 29.0 Å². The Hall–Kier alpha value is -0.890. The lowest BCUT2D eigenvalue weighted by atomic mass is 9.92. The standard InChI is InChI=1S/C15H24FN/c1-11(2)14(17-10-15(3,4)5)12-6-8-13(16)9-7-12/h6-9,11,14,17H,10H2,1-5H3. The second-order valence-electron chi connectivity index (χ2n) is 6.21. The molecule has 0 aliphatic rings. The molecule has 0 spiro atoms. The first kappa shape index (κ1) is 14.2. The number of hydrogen-bond donors (Lipinski definition) is 1. The largest absolute Gasteiger partial charge is 0.309 e. The molecule has 1 atom stereocenters. The van der Waals surface area contributed by atoms with Gasteiger partial charge in [-0.1, -0.05) is 46.8 Å². The third kappa shape index (κ3) is 4.86. The van der Waals surface area contributed by atoms with Gasteiger partial charge in [0.05, 0.1) is 0 Å². The van der Waals surface area contributed by atoms with E-state index in [1.54, 1.807) is 0 Å². The van der Waals surface area contributed by atoms with E-state index >= 15 is 0 Å². The Morgan fingerprint density at radius 2 is 1.65 bits per heavy atom. The van der Waals surface area contributed by atoms with Crippen LogP contribution >= 0.6 is 0 Å². The van der Waals surface area contributed by atoms with Crippen LogP contribution in [0.4, 0.5) is 4.39 Å². The molecule has 0 radical (unpaired) electrons. The first-order valence-electron chi connectivity index (χ1n) is 6.28. The molecule has 0 aromatic heterocycles. The van der Waals surface area contributed by atoms with Crippen molar-refractivity contribution >= 4 is 0 Å². The number of halogens is 1. The minimum Gasteiger partial charge on any atom is -0.309 e. The van der Waals surface area contributed by atoms with Crippen molar-refractivity contribution in [3.05, 3.63) is 35.6 Å². The topological polar surface area (TPSA) is 12.0 Å². The molecule has 0 fully saturated rings. The highest BCUT2D eigenvalue weighted by Gasteiger charge is 2.18. The number of benzene rings is 1. The first-order chi connectivity index (χ1) is 7.79. The summed E-state index contributed by atoms with van der Waals surface area (Å²) >= 11 is 0. The molecule has 96 valence electrons. The maximum absolute atomic E-state index is 12.9. The van der Waals surface area contributed by atoms with Crippen molar-refractivity contribution < 1.29 is 4.39 Å². The van der Waals surface area contributed by atoms with Gasteiger partial charge in [-0.2, -0.15) is 0 Å². The predicted octanol–water partition coefficient (Wildman–Crippen LogP) is 4.16. The molecule has 0 amide bonds. The zero-order valence-corrected chi connectivity index (χ0v) is 11.5. The third-order valence-corrected chi connectivity index (χ3v) is 2.75. The Labute approximate surface area is 104 Å². The molecule has 0 saturated heterocycles. The zero-order chi connectivity index (χ0) is 13.1. The lowest BCUT2D eigenvalue weighted by Crippen LogP contribution is -2.33. The molecule has 17 heavy (non-hydrogen) atoms. The summed E-state index contributed by atoms with van der Waals surface area (Å²) in [5.41, 5.74) is 1.42. The van der Waals surface area contributed by atoms with Gasteiger partial charge in [-0.25, -0.2) is 4.39 Å². The third-order valence-electron chi connectivity index (χ3n) is 2.75. The predicted molar refractivity (Wildman–Crippen MR) is 71.4 cm³/mol. The average molecular weight is 237 g/mol. The Balaban J connectivity index is 2.76. The van der Waals surface area contributed by atoms with E-state index in [2.05, 4.69) is 39.9 Å². The van der Waals surface area contributed by atoms with Gasteiger partial charge in [-0.3, -0.25) is 0 Å². The van der Waals surface area contributed by atoms with Crippen molar-refractivity contribution in [2.45, 2.75) is 40.7 Å². The Morgan fingerprint density at radius 1 is 1.12 bits per heavy atom. The summed E-state index contributed by atoms with van der Waals surface area (Å²) in [7, 11) is 0. The van der Waals surface area contributed by atoms with Crippen LogP contribution in [-0.4, -0.2) is 6.54 Å². The Kier molecular flexibility index (Phi) is 4.70. The van der Waals surface area contributed by atoms with Gasteiger partial charge in [0.15, 0.2) is 0 Å². The lowest BCUT2D eigenvalue weighted by molar-refractivity contribution is 0.318. The fraction of sp³-hybridized carbons (Fsp3) is 0.600. The van der Waals surface area contributed by atoms with Crippen molar-refractivity contribution in [1.82, 2.24) is 5.32 Å². The summed E-state index contributed by atoms with van der Waals surface area (Å²) in [5.74, 6) is 0.315. The Morgan fingerprint density at radius 3 is 2.06 bits per heavy atom. The first-order valence-corrected chi connectivity index (χ1v) is 6.28. The minimum atomic E-state index is -0.174. The lowest BCUT2D eigenvalue weighted by Gasteiger charge is -2.28. The summed E-state index contributed by atoms with van der Waals surface area (Å²) in [6, 6.07) is 7.09. The normalized spacial score (nSPS) is 14.1. The molecule has 1 aromatic rings. The molecule has 0 aliphatic heterocycles. The van der Waals surface area contributed by atoms with E-state index in [0.717, 1.165) is 12.1 Å². The van der Waals surface area contributed by atoms with Crippen LogP contribution in [0.5, 0.6) is 0 Å². The fourth-order valence-corrected chi connectivity index (χ4v) is 1.82. The number of rotatable bonds is 4. The summed E-state index contributed by atoms with van der Waals surface area (Å²) in [6.45, 7) is 12.0. The number of hydrogen-bond acceptors (Lipinski definition) is 1. The zero-order valence-electron chi connectivity index (χ0n) is 11.5. The van der Waals surface area contributed by atoms with E-state index < -0.39 is 0 Å². The summed E-state index contributed by atoms with van der Waals surface area (Å²) in [6.07, 6.45) is 0. The van der Waals surface area contributed by atoms with Crippen LogP contribution in [0.2, 0.25) is 0 Å². The van der Waals surface area contributed by atoms with E-state index in [1.807, 2.05) is 12.1 Å². The van der Waals surface area contributed by atoms with Gasteiger partial charge in [0, 0.05) is 12.6 Å². The van der Waals surface area contributed by atoms with Crippen molar-refractivity contribution in [1.29, 1.82) is 0 Å². The van der Waals surface area contributed by atoms with Crippen LogP contribution < -0.4 is 5.32 Å². The number of nitrogens with one attached hydrogen (secondary N) is 1. The quantitative estimate of drug-likeness (QED) is 0.829. The van der Waals surface area contributed by atoms with Crippen molar-refractivity contribution in [2.75, 3.05) is 6.54 Å². The maximum Gasteiger partial charge on any atom is 0.123 e. The van der Waals surface area contributed by atoms with Gasteiger partial charge in [0.1, 0.15) is 5.82 Å². The fourth-order valence-electron chi connectivity index (χ4n) is 1.82. The molecule has 1 N–H and O–H groups in total. The van der Waals surface area contributed by atoms with Crippen LogP contribution in [-0.2, 0) is 0 Å². The van der Waals surface area contributed by atoms with Crippen LogP contribution in [0.1, 0.15) is 46.2 Å². The van der Waals surface area contributed by atoms with E-state index in [9.17, 15) is 4.39 Å². The van der Waals surface area contributed by atoms with E-state index in [1.165, 1.54) is 12.1 Å². The summed E-state index contributed by atoms with van der Waals surface area (Å²) in [4.78, 5) is 0.